The third-order valence-electron chi connectivity index (χ3n) is 7.36. The van der Waals surface area contributed by atoms with Gasteiger partial charge in [0.2, 0.25) is 0 Å². The van der Waals surface area contributed by atoms with E-state index < -0.39 is 0 Å². The van der Waals surface area contributed by atoms with Gasteiger partial charge in [-0.25, -0.2) is 0 Å². The lowest BCUT2D eigenvalue weighted by atomic mass is 10.0. The highest BCUT2D eigenvalue weighted by atomic mass is 15.0. The first-order valence-corrected chi connectivity index (χ1v) is 13.0. The van der Waals surface area contributed by atoms with Crippen molar-refractivity contribution in [3.8, 4) is 16.8 Å². The van der Waals surface area contributed by atoms with E-state index in [0.717, 1.165) is 22.6 Å². The van der Waals surface area contributed by atoms with Gasteiger partial charge >= 0.3 is 0 Å². The molecule has 0 aliphatic carbocycles. The van der Waals surface area contributed by atoms with Crippen molar-refractivity contribution in [1.29, 1.82) is 0 Å². The standard InChI is InChI=1S/C36H26N2/c1-25(37-30-20-16-27(17-21-30)26-10-4-2-5-11-26)29-18-22-33-35(24-29)38(31-13-6-3-7-14-31)34-23-19-28-12-8-9-15-32(28)36(33)34/h2-24H,1H3. The molecular formula is C36H26N2. The first kappa shape index (κ1) is 22.3. The number of aromatic nitrogens is 1. The molecule has 0 radical (unpaired) electrons. The van der Waals surface area contributed by atoms with Crippen LogP contribution in [0.15, 0.2) is 145 Å². The van der Waals surface area contributed by atoms with Crippen molar-refractivity contribution >= 4 is 44.0 Å². The maximum absolute atomic E-state index is 4.98. The lowest BCUT2D eigenvalue weighted by molar-refractivity contribution is 1.18. The third-order valence-corrected chi connectivity index (χ3v) is 7.36. The molecule has 0 saturated heterocycles. The summed E-state index contributed by atoms with van der Waals surface area (Å²) in [5.41, 5.74) is 9.04. The van der Waals surface area contributed by atoms with Crippen LogP contribution in [0.2, 0.25) is 0 Å². The van der Waals surface area contributed by atoms with Crippen molar-refractivity contribution in [3.05, 3.63) is 145 Å². The van der Waals surface area contributed by atoms with Crippen LogP contribution in [0.1, 0.15) is 12.5 Å². The van der Waals surface area contributed by atoms with E-state index in [1.54, 1.807) is 0 Å². The van der Waals surface area contributed by atoms with E-state index in [4.69, 9.17) is 4.99 Å². The summed E-state index contributed by atoms with van der Waals surface area (Å²) in [5, 5.41) is 5.08. The number of hydrogen-bond acceptors (Lipinski definition) is 1. The highest BCUT2D eigenvalue weighted by molar-refractivity contribution is 6.22. The van der Waals surface area contributed by atoms with E-state index >= 15 is 0 Å². The van der Waals surface area contributed by atoms with E-state index in [1.165, 1.54) is 43.7 Å². The van der Waals surface area contributed by atoms with Gasteiger partial charge < -0.3 is 4.57 Å². The average Bonchev–Trinajstić information content (AvgIpc) is 3.32. The van der Waals surface area contributed by atoms with Crippen molar-refractivity contribution in [1.82, 2.24) is 4.57 Å². The molecule has 2 nitrogen and oxygen atoms in total. The zero-order chi connectivity index (χ0) is 25.5. The minimum atomic E-state index is 0.955. The van der Waals surface area contributed by atoms with Crippen LogP contribution < -0.4 is 0 Å². The van der Waals surface area contributed by atoms with Crippen molar-refractivity contribution < 1.29 is 0 Å². The van der Waals surface area contributed by atoms with Crippen LogP contribution in [-0.2, 0) is 0 Å². The van der Waals surface area contributed by atoms with Crippen LogP contribution >= 0.6 is 0 Å². The molecule has 180 valence electrons. The Labute approximate surface area is 222 Å². The van der Waals surface area contributed by atoms with Gasteiger partial charge in [0.1, 0.15) is 0 Å². The molecule has 0 atom stereocenters. The van der Waals surface area contributed by atoms with Gasteiger partial charge in [0, 0.05) is 22.2 Å². The van der Waals surface area contributed by atoms with Gasteiger partial charge in [-0.3, -0.25) is 4.99 Å². The second-order valence-corrected chi connectivity index (χ2v) is 9.69. The Morgan fingerprint density at radius 2 is 1.24 bits per heavy atom. The Kier molecular flexibility index (Phi) is 5.37. The molecular weight excluding hydrogens is 460 g/mol. The summed E-state index contributed by atoms with van der Waals surface area (Å²) in [5.74, 6) is 0. The van der Waals surface area contributed by atoms with E-state index in [1.807, 2.05) is 6.07 Å². The van der Waals surface area contributed by atoms with Gasteiger partial charge in [-0.05, 0) is 70.8 Å². The molecule has 1 heterocycles. The molecule has 6 aromatic carbocycles. The number of benzene rings is 6. The lowest BCUT2D eigenvalue weighted by Gasteiger charge is -2.09. The molecule has 0 N–H and O–H groups in total. The highest BCUT2D eigenvalue weighted by Gasteiger charge is 2.15. The third kappa shape index (κ3) is 3.79. The molecule has 0 saturated carbocycles. The van der Waals surface area contributed by atoms with E-state index in [2.05, 4.69) is 145 Å². The number of hydrogen-bond donors (Lipinski definition) is 0. The van der Waals surface area contributed by atoms with Gasteiger partial charge in [-0.15, -0.1) is 0 Å². The molecule has 38 heavy (non-hydrogen) atoms. The number of para-hydroxylation sites is 1. The Bertz CT molecular complexity index is 1940. The largest absolute Gasteiger partial charge is 0.309 e. The second kappa shape index (κ2) is 9.17. The fourth-order valence-corrected chi connectivity index (χ4v) is 5.48. The fourth-order valence-electron chi connectivity index (χ4n) is 5.48. The quantitative estimate of drug-likeness (QED) is 0.220. The lowest BCUT2D eigenvalue weighted by Crippen LogP contribution is -1.97. The summed E-state index contributed by atoms with van der Waals surface area (Å²) in [6.45, 7) is 2.09. The van der Waals surface area contributed by atoms with Crippen LogP contribution in [0.5, 0.6) is 0 Å². The number of aliphatic imine (C=N–C) groups is 1. The van der Waals surface area contributed by atoms with E-state index in [-0.39, 0.29) is 0 Å². The van der Waals surface area contributed by atoms with E-state index in [0.29, 0.717) is 0 Å². The predicted molar refractivity (Wildman–Crippen MR) is 162 cm³/mol. The maximum atomic E-state index is 4.98. The van der Waals surface area contributed by atoms with E-state index in [9.17, 15) is 0 Å². The normalized spacial score (nSPS) is 12.0. The van der Waals surface area contributed by atoms with Gasteiger partial charge in [0.05, 0.1) is 16.7 Å². The molecule has 0 aliphatic heterocycles. The van der Waals surface area contributed by atoms with Crippen LogP contribution in [0.3, 0.4) is 0 Å². The SMILES string of the molecule is CC(=Nc1ccc(-c2ccccc2)cc1)c1ccc2c3c4ccccc4ccc3n(-c3ccccc3)c2c1. The zero-order valence-electron chi connectivity index (χ0n) is 21.2. The fraction of sp³-hybridized carbons (Fsp3) is 0.0278. The molecule has 0 amide bonds. The van der Waals surface area contributed by atoms with Gasteiger partial charge in [-0.1, -0.05) is 103 Å². The predicted octanol–water partition coefficient (Wildman–Crippen LogP) is 9.74. The van der Waals surface area contributed by atoms with Gasteiger partial charge in [-0.2, -0.15) is 0 Å². The van der Waals surface area contributed by atoms with Crippen molar-refractivity contribution in [2.24, 2.45) is 4.99 Å². The summed E-state index contributed by atoms with van der Waals surface area (Å²) in [6.07, 6.45) is 0. The first-order valence-electron chi connectivity index (χ1n) is 13.0. The summed E-state index contributed by atoms with van der Waals surface area (Å²) in [4.78, 5) is 4.98. The summed E-state index contributed by atoms with van der Waals surface area (Å²) in [6, 6.07) is 49.4. The van der Waals surface area contributed by atoms with Gasteiger partial charge in [0.25, 0.3) is 0 Å². The van der Waals surface area contributed by atoms with Crippen LogP contribution in [0, 0.1) is 0 Å². The topological polar surface area (TPSA) is 17.3 Å². The Balaban J connectivity index is 1.38. The Morgan fingerprint density at radius 1 is 0.553 bits per heavy atom. The van der Waals surface area contributed by atoms with Crippen molar-refractivity contribution in [2.45, 2.75) is 6.92 Å². The van der Waals surface area contributed by atoms with Crippen LogP contribution in [0.25, 0.3) is 49.4 Å². The second-order valence-electron chi connectivity index (χ2n) is 9.69. The summed E-state index contributed by atoms with van der Waals surface area (Å²) in [7, 11) is 0. The minimum Gasteiger partial charge on any atom is -0.309 e. The first-order chi connectivity index (χ1) is 18.8. The molecule has 7 rings (SSSR count). The molecule has 7 aromatic rings. The smallest absolute Gasteiger partial charge is 0.0633 e. The van der Waals surface area contributed by atoms with Crippen molar-refractivity contribution in [3.63, 3.8) is 0 Å². The Morgan fingerprint density at radius 3 is 2.03 bits per heavy atom. The highest BCUT2D eigenvalue weighted by Crippen LogP contribution is 2.37. The molecule has 0 spiro atoms. The van der Waals surface area contributed by atoms with Crippen molar-refractivity contribution in [2.75, 3.05) is 0 Å². The minimum absolute atomic E-state index is 0.955. The molecule has 0 bridgehead atoms. The molecule has 2 heteroatoms. The molecule has 0 unspecified atom stereocenters. The zero-order valence-corrected chi connectivity index (χ0v) is 21.2. The molecule has 0 aliphatic rings. The average molecular weight is 487 g/mol. The molecule has 1 aromatic heterocycles. The maximum Gasteiger partial charge on any atom is 0.0633 e. The monoisotopic (exact) mass is 486 g/mol. The van der Waals surface area contributed by atoms with Crippen LogP contribution in [-0.4, -0.2) is 10.3 Å². The molecule has 0 fully saturated rings. The Hall–Kier alpha value is -4.95. The van der Waals surface area contributed by atoms with Crippen LogP contribution in [0.4, 0.5) is 5.69 Å². The summed E-state index contributed by atoms with van der Waals surface area (Å²) >= 11 is 0. The number of nitrogens with zero attached hydrogens (tertiary/aromatic N) is 2. The number of fused-ring (bicyclic) bond motifs is 5. The van der Waals surface area contributed by atoms with Gasteiger partial charge in [0.15, 0.2) is 0 Å². The number of rotatable bonds is 4. The summed E-state index contributed by atoms with van der Waals surface area (Å²) < 4.78 is 2.38.